The molecule has 0 radical (unpaired) electrons. The normalized spacial score (nSPS) is 11.8. The number of nitrogens with zero attached hydrogens (tertiary/aromatic N) is 1. The van der Waals surface area contributed by atoms with Crippen molar-refractivity contribution in [2.24, 2.45) is 0 Å². The summed E-state index contributed by atoms with van der Waals surface area (Å²) in [6.07, 6.45) is 0.916. The van der Waals surface area contributed by atoms with E-state index in [1.54, 1.807) is 0 Å². The van der Waals surface area contributed by atoms with Crippen molar-refractivity contribution in [2.75, 3.05) is 19.8 Å². The predicted octanol–water partition coefficient (Wildman–Crippen LogP) is 2.44. The molecule has 0 saturated carbocycles. The third-order valence-corrected chi connectivity index (χ3v) is 2.36. The van der Waals surface area contributed by atoms with Crippen LogP contribution in [0.4, 0.5) is 0 Å². The number of rotatable bonds is 8. The molecule has 98 valence electrons. The first kappa shape index (κ1) is 14.5. The van der Waals surface area contributed by atoms with Gasteiger partial charge in [-0.2, -0.15) is 5.26 Å². The first-order chi connectivity index (χ1) is 8.81. The molecule has 1 aromatic carbocycles. The molecule has 1 unspecified atom stereocenters. The number of benzene rings is 1. The van der Waals surface area contributed by atoms with E-state index in [1.807, 2.05) is 24.3 Å². The summed E-state index contributed by atoms with van der Waals surface area (Å²) in [7, 11) is 0. The molecule has 1 atom stereocenters. The zero-order valence-corrected chi connectivity index (χ0v) is 10.6. The van der Waals surface area contributed by atoms with Crippen molar-refractivity contribution >= 4 is 0 Å². The molecule has 0 heterocycles. The van der Waals surface area contributed by atoms with Crippen LogP contribution >= 0.6 is 0 Å². The Kier molecular flexibility index (Phi) is 6.85. The maximum Gasteiger partial charge on any atom is 0.169 e. The molecule has 1 rings (SSSR count). The number of hydrogen-bond acceptors (Lipinski definition) is 4. The molecule has 0 spiro atoms. The summed E-state index contributed by atoms with van der Waals surface area (Å²) in [4.78, 5) is 0. The largest absolute Gasteiger partial charge is 0.494 e. The van der Waals surface area contributed by atoms with Gasteiger partial charge in [-0.1, -0.05) is 19.1 Å². The average molecular weight is 249 g/mol. The Morgan fingerprint density at radius 3 is 2.56 bits per heavy atom. The van der Waals surface area contributed by atoms with E-state index in [0.29, 0.717) is 19.6 Å². The fraction of sp³-hybridized carbons (Fsp3) is 0.500. The van der Waals surface area contributed by atoms with Gasteiger partial charge >= 0.3 is 0 Å². The van der Waals surface area contributed by atoms with E-state index in [0.717, 1.165) is 17.7 Å². The third kappa shape index (κ3) is 4.74. The first-order valence-corrected chi connectivity index (χ1v) is 6.16. The number of hydrogen-bond donors (Lipinski definition) is 1. The smallest absolute Gasteiger partial charge is 0.169 e. The Morgan fingerprint density at radius 2 is 2.00 bits per heavy atom. The summed E-state index contributed by atoms with van der Waals surface area (Å²) in [5.41, 5.74) is 0.805. The Hall–Kier alpha value is -1.57. The van der Waals surface area contributed by atoms with Crippen LogP contribution in [0.1, 0.15) is 31.4 Å². The van der Waals surface area contributed by atoms with Crippen LogP contribution < -0.4 is 4.74 Å². The van der Waals surface area contributed by atoms with E-state index in [4.69, 9.17) is 19.8 Å². The topological polar surface area (TPSA) is 62.5 Å². The van der Waals surface area contributed by atoms with Crippen molar-refractivity contribution < 1.29 is 14.6 Å². The Labute approximate surface area is 108 Å². The molecule has 0 aromatic heterocycles. The minimum atomic E-state index is -0.586. The van der Waals surface area contributed by atoms with Crippen LogP contribution in [0, 0.1) is 11.3 Å². The van der Waals surface area contributed by atoms with Crippen molar-refractivity contribution in [3.8, 4) is 11.8 Å². The van der Waals surface area contributed by atoms with Crippen LogP contribution in [0.25, 0.3) is 0 Å². The van der Waals surface area contributed by atoms with Crippen molar-refractivity contribution in [3.05, 3.63) is 29.8 Å². The molecule has 0 amide bonds. The lowest BCUT2D eigenvalue weighted by Gasteiger charge is -2.11. The van der Waals surface area contributed by atoms with Crippen LogP contribution in [0.5, 0.6) is 5.75 Å². The quantitative estimate of drug-likeness (QED) is 0.719. The second kappa shape index (κ2) is 8.51. The number of nitriles is 1. The second-order valence-corrected chi connectivity index (χ2v) is 3.87. The fourth-order valence-electron chi connectivity index (χ4n) is 1.43. The Morgan fingerprint density at radius 1 is 1.28 bits per heavy atom. The molecule has 0 aliphatic carbocycles. The molecule has 18 heavy (non-hydrogen) atoms. The zero-order chi connectivity index (χ0) is 13.2. The van der Waals surface area contributed by atoms with Crippen LogP contribution in [0.3, 0.4) is 0 Å². The van der Waals surface area contributed by atoms with Gasteiger partial charge in [0, 0.05) is 6.61 Å². The minimum absolute atomic E-state index is 0.0714. The Bertz CT molecular complexity index is 370. The van der Waals surface area contributed by atoms with Crippen LogP contribution in [-0.2, 0) is 4.74 Å². The summed E-state index contributed by atoms with van der Waals surface area (Å²) in [5.74, 6) is 0.799. The van der Waals surface area contributed by atoms with E-state index in [9.17, 15) is 0 Å². The van der Waals surface area contributed by atoms with Gasteiger partial charge in [-0.3, -0.25) is 0 Å². The molecule has 0 fully saturated rings. The molecule has 0 aliphatic heterocycles. The van der Waals surface area contributed by atoms with Crippen LogP contribution in [0.2, 0.25) is 0 Å². The highest BCUT2D eigenvalue weighted by Crippen LogP contribution is 2.20. The number of aliphatic hydroxyl groups is 1. The van der Waals surface area contributed by atoms with Gasteiger partial charge in [-0.25, -0.2) is 0 Å². The predicted molar refractivity (Wildman–Crippen MR) is 68.2 cm³/mol. The highest BCUT2D eigenvalue weighted by atomic mass is 16.5. The van der Waals surface area contributed by atoms with E-state index in [1.165, 1.54) is 0 Å². The lowest BCUT2D eigenvalue weighted by Crippen LogP contribution is -2.05. The average Bonchev–Trinajstić information content (AvgIpc) is 2.42. The number of ether oxygens (including phenoxy) is 2. The molecule has 4 nitrogen and oxygen atoms in total. The molecular weight excluding hydrogens is 230 g/mol. The zero-order valence-electron chi connectivity index (χ0n) is 10.6. The molecular formula is C14H19NO3. The second-order valence-electron chi connectivity index (χ2n) is 3.87. The molecule has 4 heteroatoms. The van der Waals surface area contributed by atoms with Gasteiger partial charge in [0.2, 0.25) is 0 Å². The summed E-state index contributed by atoms with van der Waals surface area (Å²) in [5, 5.41) is 17.7. The van der Waals surface area contributed by atoms with Gasteiger partial charge in [0.1, 0.15) is 5.75 Å². The third-order valence-electron chi connectivity index (χ3n) is 2.36. The summed E-state index contributed by atoms with van der Waals surface area (Å²) in [6, 6.07) is 9.43. The van der Waals surface area contributed by atoms with Gasteiger partial charge in [-0.15, -0.1) is 0 Å². The van der Waals surface area contributed by atoms with Crippen LogP contribution in [0.15, 0.2) is 24.3 Å². The fourth-order valence-corrected chi connectivity index (χ4v) is 1.43. The van der Waals surface area contributed by atoms with Gasteiger partial charge < -0.3 is 14.6 Å². The van der Waals surface area contributed by atoms with Gasteiger partial charge in [0.25, 0.3) is 0 Å². The SMILES string of the molecule is CCCOc1ccc(C(C#N)OCCCO)cc1. The maximum absolute atomic E-state index is 9.02. The first-order valence-electron chi connectivity index (χ1n) is 6.16. The number of aliphatic hydroxyl groups excluding tert-OH is 1. The van der Waals surface area contributed by atoms with Gasteiger partial charge in [-0.05, 0) is 30.5 Å². The van der Waals surface area contributed by atoms with E-state index in [2.05, 4.69) is 13.0 Å². The van der Waals surface area contributed by atoms with Gasteiger partial charge in [0.15, 0.2) is 6.10 Å². The van der Waals surface area contributed by atoms with Crippen molar-refractivity contribution in [2.45, 2.75) is 25.9 Å². The van der Waals surface area contributed by atoms with Crippen LogP contribution in [-0.4, -0.2) is 24.9 Å². The van der Waals surface area contributed by atoms with E-state index < -0.39 is 6.10 Å². The summed E-state index contributed by atoms with van der Waals surface area (Å²) in [6.45, 7) is 3.19. The monoisotopic (exact) mass is 249 g/mol. The summed E-state index contributed by atoms with van der Waals surface area (Å²) >= 11 is 0. The molecule has 1 aromatic rings. The molecule has 0 bridgehead atoms. The maximum atomic E-state index is 9.02. The Balaban J connectivity index is 2.56. The standard InChI is InChI=1S/C14H19NO3/c1-2-9-17-13-6-4-12(5-7-13)14(11-15)18-10-3-8-16/h4-7,14,16H,2-3,8-10H2,1H3. The van der Waals surface area contributed by atoms with E-state index >= 15 is 0 Å². The lowest BCUT2D eigenvalue weighted by atomic mass is 10.1. The van der Waals surface area contributed by atoms with Crippen molar-refractivity contribution in [1.82, 2.24) is 0 Å². The van der Waals surface area contributed by atoms with Gasteiger partial charge in [0.05, 0.1) is 19.3 Å². The highest BCUT2D eigenvalue weighted by molar-refractivity contribution is 5.30. The highest BCUT2D eigenvalue weighted by Gasteiger charge is 2.10. The minimum Gasteiger partial charge on any atom is -0.494 e. The molecule has 1 N–H and O–H groups in total. The lowest BCUT2D eigenvalue weighted by molar-refractivity contribution is 0.0773. The summed E-state index contributed by atoms with van der Waals surface area (Å²) < 4.78 is 10.8. The van der Waals surface area contributed by atoms with Crippen molar-refractivity contribution in [3.63, 3.8) is 0 Å². The van der Waals surface area contributed by atoms with Crippen molar-refractivity contribution in [1.29, 1.82) is 5.26 Å². The molecule has 0 saturated heterocycles. The molecule has 0 aliphatic rings. The van der Waals surface area contributed by atoms with E-state index in [-0.39, 0.29) is 6.61 Å².